The molecule has 0 aliphatic heterocycles. The molecule has 0 amide bonds. The summed E-state index contributed by atoms with van der Waals surface area (Å²) in [4.78, 5) is 0. The standard InChI is InChI=1S/C12H23N3O/c1-10(12(2,3)4)13-7-11-8-14-15(9-11)5-6-16/h8-10,13,16H,5-7H2,1-4H3. The van der Waals surface area contributed by atoms with Crippen LogP contribution in [0.25, 0.3) is 0 Å². The van der Waals surface area contributed by atoms with Gasteiger partial charge in [-0.05, 0) is 12.3 Å². The highest BCUT2D eigenvalue weighted by atomic mass is 16.3. The van der Waals surface area contributed by atoms with E-state index in [1.165, 1.54) is 0 Å². The summed E-state index contributed by atoms with van der Waals surface area (Å²) in [5, 5.41) is 16.4. The van der Waals surface area contributed by atoms with Gasteiger partial charge in [-0.3, -0.25) is 4.68 Å². The van der Waals surface area contributed by atoms with Crippen molar-refractivity contribution >= 4 is 0 Å². The topological polar surface area (TPSA) is 50.1 Å². The van der Waals surface area contributed by atoms with Crippen molar-refractivity contribution in [1.82, 2.24) is 15.1 Å². The maximum absolute atomic E-state index is 8.78. The predicted octanol–water partition coefficient (Wildman–Crippen LogP) is 1.40. The van der Waals surface area contributed by atoms with Gasteiger partial charge in [0.05, 0.1) is 19.3 Å². The number of rotatable bonds is 5. The molecule has 1 aromatic heterocycles. The first kappa shape index (κ1) is 13.2. The van der Waals surface area contributed by atoms with Crippen molar-refractivity contribution in [2.24, 2.45) is 5.41 Å². The average Bonchev–Trinajstić information content (AvgIpc) is 2.61. The number of hydrogen-bond acceptors (Lipinski definition) is 3. The quantitative estimate of drug-likeness (QED) is 0.796. The maximum atomic E-state index is 8.78. The van der Waals surface area contributed by atoms with Crippen LogP contribution in [0.3, 0.4) is 0 Å². The Hall–Kier alpha value is -0.870. The van der Waals surface area contributed by atoms with Gasteiger partial charge in [-0.2, -0.15) is 5.10 Å². The predicted molar refractivity (Wildman–Crippen MR) is 65.1 cm³/mol. The lowest BCUT2D eigenvalue weighted by Gasteiger charge is -2.28. The molecule has 0 radical (unpaired) electrons. The SMILES string of the molecule is CC(NCc1cnn(CCO)c1)C(C)(C)C. The van der Waals surface area contributed by atoms with Crippen LogP contribution in [-0.2, 0) is 13.1 Å². The van der Waals surface area contributed by atoms with Crippen LogP contribution in [-0.4, -0.2) is 27.5 Å². The number of aliphatic hydroxyl groups excluding tert-OH is 1. The van der Waals surface area contributed by atoms with E-state index in [9.17, 15) is 0 Å². The van der Waals surface area contributed by atoms with E-state index >= 15 is 0 Å². The van der Waals surface area contributed by atoms with E-state index in [4.69, 9.17) is 5.11 Å². The summed E-state index contributed by atoms with van der Waals surface area (Å²) in [6, 6.07) is 0.452. The Morgan fingerprint density at radius 3 is 2.75 bits per heavy atom. The summed E-state index contributed by atoms with van der Waals surface area (Å²) in [6.45, 7) is 10.4. The van der Waals surface area contributed by atoms with Gasteiger partial charge in [0.2, 0.25) is 0 Å². The normalized spacial score (nSPS) is 14.1. The summed E-state index contributed by atoms with van der Waals surface area (Å²) >= 11 is 0. The van der Waals surface area contributed by atoms with Crippen molar-refractivity contribution in [3.05, 3.63) is 18.0 Å². The summed E-state index contributed by atoms with van der Waals surface area (Å²) in [5.74, 6) is 0. The van der Waals surface area contributed by atoms with Gasteiger partial charge < -0.3 is 10.4 Å². The largest absolute Gasteiger partial charge is 0.394 e. The third-order valence-corrected chi connectivity index (χ3v) is 2.93. The van der Waals surface area contributed by atoms with Crippen molar-refractivity contribution in [3.63, 3.8) is 0 Å². The van der Waals surface area contributed by atoms with Gasteiger partial charge in [0.15, 0.2) is 0 Å². The summed E-state index contributed by atoms with van der Waals surface area (Å²) in [7, 11) is 0. The van der Waals surface area contributed by atoms with Crippen molar-refractivity contribution < 1.29 is 5.11 Å². The zero-order chi connectivity index (χ0) is 12.2. The lowest BCUT2D eigenvalue weighted by Crippen LogP contribution is -2.37. The first-order valence-corrected chi connectivity index (χ1v) is 5.79. The Balaban J connectivity index is 2.42. The van der Waals surface area contributed by atoms with Gasteiger partial charge in [-0.25, -0.2) is 0 Å². The molecule has 0 fully saturated rings. The van der Waals surface area contributed by atoms with E-state index < -0.39 is 0 Å². The highest BCUT2D eigenvalue weighted by Crippen LogP contribution is 2.18. The molecule has 0 aliphatic carbocycles. The molecule has 0 aromatic carbocycles. The summed E-state index contributed by atoms with van der Waals surface area (Å²) < 4.78 is 1.76. The Morgan fingerprint density at radius 2 is 2.19 bits per heavy atom. The van der Waals surface area contributed by atoms with Gasteiger partial charge >= 0.3 is 0 Å². The van der Waals surface area contributed by atoms with Gasteiger partial charge in [0.1, 0.15) is 0 Å². The molecule has 1 rings (SSSR count). The lowest BCUT2D eigenvalue weighted by atomic mass is 9.88. The van der Waals surface area contributed by atoms with E-state index in [2.05, 4.69) is 38.1 Å². The minimum Gasteiger partial charge on any atom is -0.394 e. The smallest absolute Gasteiger partial charge is 0.0640 e. The molecule has 2 N–H and O–H groups in total. The van der Waals surface area contributed by atoms with Gasteiger partial charge in [0.25, 0.3) is 0 Å². The van der Waals surface area contributed by atoms with Crippen LogP contribution >= 0.6 is 0 Å². The summed E-state index contributed by atoms with van der Waals surface area (Å²) in [6.07, 6.45) is 3.82. The molecule has 0 bridgehead atoms. The Morgan fingerprint density at radius 1 is 1.50 bits per heavy atom. The molecule has 0 aliphatic rings. The molecule has 0 saturated carbocycles. The third-order valence-electron chi connectivity index (χ3n) is 2.93. The molecule has 4 nitrogen and oxygen atoms in total. The van der Waals surface area contributed by atoms with Crippen LogP contribution in [0.4, 0.5) is 0 Å². The highest BCUT2D eigenvalue weighted by molar-refractivity contribution is 5.03. The minimum absolute atomic E-state index is 0.132. The minimum atomic E-state index is 0.132. The first-order valence-electron chi connectivity index (χ1n) is 5.79. The Labute approximate surface area is 97.7 Å². The second kappa shape index (κ2) is 5.46. The number of hydrogen-bond donors (Lipinski definition) is 2. The van der Waals surface area contributed by atoms with Crippen LogP contribution in [0, 0.1) is 5.41 Å². The van der Waals surface area contributed by atoms with E-state index in [0.29, 0.717) is 12.6 Å². The lowest BCUT2D eigenvalue weighted by molar-refractivity contribution is 0.269. The van der Waals surface area contributed by atoms with E-state index in [1.807, 2.05) is 12.4 Å². The van der Waals surface area contributed by atoms with E-state index in [-0.39, 0.29) is 12.0 Å². The Kier molecular flexibility index (Phi) is 4.50. The average molecular weight is 225 g/mol. The second-order valence-corrected chi connectivity index (χ2v) is 5.30. The fourth-order valence-corrected chi connectivity index (χ4v) is 1.30. The van der Waals surface area contributed by atoms with Gasteiger partial charge in [-0.1, -0.05) is 20.8 Å². The van der Waals surface area contributed by atoms with Crippen LogP contribution in [0.5, 0.6) is 0 Å². The summed E-state index contributed by atoms with van der Waals surface area (Å²) in [5.41, 5.74) is 1.42. The molecule has 1 atom stereocenters. The first-order chi connectivity index (χ1) is 7.43. The molecule has 92 valence electrons. The van der Waals surface area contributed by atoms with Gasteiger partial charge in [0, 0.05) is 24.3 Å². The Bertz CT molecular complexity index is 314. The molecular weight excluding hydrogens is 202 g/mol. The zero-order valence-corrected chi connectivity index (χ0v) is 10.7. The van der Waals surface area contributed by atoms with Crippen molar-refractivity contribution in [2.45, 2.75) is 46.8 Å². The van der Waals surface area contributed by atoms with Crippen LogP contribution in [0.2, 0.25) is 0 Å². The van der Waals surface area contributed by atoms with E-state index in [0.717, 1.165) is 12.1 Å². The molecule has 1 heterocycles. The fraction of sp³-hybridized carbons (Fsp3) is 0.750. The number of aliphatic hydroxyl groups is 1. The molecule has 4 heteroatoms. The van der Waals surface area contributed by atoms with Crippen molar-refractivity contribution in [3.8, 4) is 0 Å². The molecule has 1 aromatic rings. The van der Waals surface area contributed by atoms with Crippen molar-refractivity contribution in [1.29, 1.82) is 0 Å². The molecule has 0 saturated heterocycles. The van der Waals surface area contributed by atoms with Crippen molar-refractivity contribution in [2.75, 3.05) is 6.61 Å². The molecule has 16 heavy (non-hydrogen) atoms. The molecule has 0 spiro atoms. The highest BCUT2D eigenvalue weighted by Gasteiger charge is 2.19. The van der Waals surface area contributed by atoms with E-state index in [1.54, 1.807) is 4.68 Å². The monoisotopic (exact) mass is 225 g/mol. The number of nitrogens with zero attached hydrogens (tertiary/aromatic N) is 2. The molecular formula is C12H23N3O. The van der Waals surface area contributed by atoms with Crippen LogP contribution in [0.15, 0.2) is 12.4 Å². The van der Waals surface area contributed by atoms with Crippen LogP contribution in [0.1, 0.15) is 33.3 Å². The number of nitrogens with one attached hydrogen (secondary N) is 1. The molecule has 1 unspecified atom stereocenters. The number of aromatic nitrogens is 2. The third kappa shape index (κ3) is 3.94. The second-order valence-electron chi connectivity index (χ2n) is 5.30. The fourth-order valence-electron chi connectivity index (χ4n) is 1.30. The maximum Gasteiger partial charge on any atom is 0.0640 e. The zero-order valence-electron chi connectivity index (χ0n) is 10.7. The van der Waals surface area contributed by atoms with Crippen LogP contribution < -0.4 is 5.32 Å². The van der Waals surface area contributed by atoms with Gasteiger partial charge in [-0.15, -0.1) is 0 Å².